The number of aryl methyl sites for hydroxylation is 1. The van der Waals surface area contributed by atoms with Crippen LogP contribution in [0.4, 0.5) is 14.9 Å². The van der Waals surface area contributed by atoms with Gasteiger partial charge in [0.15, 0.2) is 0 Å². The number of fused-ring (bicyclic) bond motifs is 1. The standard InChI is InChI=1S/C19H18FN5O2/c1-10(2)17(18-11(3)14-6-12(20)4-5-15(14)27-18)25-19(26)24-13-8-22-16(7-21)23-9-13/h4-6,8-10,17H,1-3H3,(H2,24,25,26). The Morgan fingerprint density at radius 1 is 1.30 bits per heavy atom. The number of hydrogen-bond acceptors (Lipinski definition) is 5. The monoisotopic (exact) mass is 367 g/mol. The molecule has 2 amide bonds. The van der Waals surface area contributed by atoms with Gasteiger partial charge in [-0.15, -0.1) is 0 Å². The number of anilines is 1. The van der Waals surface area contributed by atoms with Crippen molar-refractivity contribution in [1.82, 2.24) is 15.3 Å². The zero-order valence-corrected chi connectivity index (χ0v) is 15.1. The number of amides is 2. The first-order valence-corrected chi connectivity index (χ1v) is 8.37. The predicted molar refractivity (Wildman–Crippen MR) is 97.4 cm³/mol. The van der Waals surface area contributed by atoms with E-state index >= 15 is 0 Å². The van der Waals surface area contributed by atoms with Crippen molar-refractivity contribution in [2.45, 2.75) is 26.8 Å². The third-order valence-corrected chi connectivity index (χ3v) is 4.18. The van der Waals surface area contributed by atoms with Crippen LogP contribution in [0.25, 0.3) is 11.0 Å². The Morgan fingerprint density at radius 3 is 2.63 bits per heavy atom. The first-order valence-electron chi connectivity index (χ1n) is 8.37. The summed E-state index contributed by atoms with van der Waals surface area (Å²) < 4.78 is 19.4. The van der Waals surface area contributed by atoms with E-state index in [1.807, 2.05) is 26.8 Å². The van der Waals surface area contributed by atoms with Gasteiger partial charge in [0.2, 0.25) is 5.82 Å². The molecule has 27 heavy (non-hydrogen) atoms. The van der Waals surface area contributed by atoms with Crippen LogP contribution in [0.2, 0.25) is 0 Å². The van der Waals surface area contributed by atoms with Gasteiger partial charge in [-0.1, -0.05) is 13.8 Å². The molecule has 3 aromatic rings. The second-order valence-electron chi connectivity index (χ2n) is 6.46. The molecule has 0 aliphatic rings. The Morgan fingerprint density at radius 2 is 2.00 bits per heavy atom. The smallest absolute Gasteiger partial charge is 0.319 e. The van der Waals surface area contributed by atoms with Gasteiger partial charge in [-0.05, 0) is 31.0 Å². The van der Waals surface area contributed by atoms with Crippen LogP contribution in [0.15, 0.2) is 35.0 Å². The van der Waals surface area contributed by atoms with Crippen molar-refractivity contribution >= 4 is 22.7 Å². The minimum Gasteiger partial charge on any atom is -0.459 e. The summed E-state index contributed by atoms with van der Waals surface area (Å²) in [4.78, 5) is 20.0. The number of nitrogens with zero attached hydrogens (tertiary/aromatic N) is 3. The number of carbonyl (C=O) groups is 1. The van der Waals surface area contributed by atoms with Crippen molar-refractivity contribution < 1.29 is 13.6 Å². The number of halogens is 1. The number of rotatable bonds is 4. The molecule has 0 bridgehead atoms. The lowest BCUT2D eigenvalue weighted by atomic mass is 9.98. The molecule has 1 unspecified atom stereocenters. The van der Waals surface area contributed by atoms with Crippen LogP contribution in [-0.2, 0) is 0 Å². The van der Waals surface area contributed by atoms with Gasteiger partial charge in [0.1, 0.15) is 23.2 Å². The Balaban J connectivity index is 1.82. The molecule has 138 valence electrons. The zero-order valence-electron chi connectivity index (χ0n) is 15.1. The third kappa shape index (κ3) is 3.87. The van der Waals surface area contributed by atoms with E-state index in [9.17, 15) is 9.18 Å². The number of nitrogens with one attached hydrogen (secondary N) is 2. The number of hydrogen-bond donors (Lipinski definition) is 2. The number of nitriles is 1. The van der Waals surface area contributed by atoms with Gasteiger partial charge in [-0.25, -0.2) is 19.2 Å². The summed E-state index contributed by atoms with van der Waals surface area (Å²) in [7, 11) is 0. The number of carbonyl (C=O) groups excluding carboxylic acids is 1. The number of urea groups is 1. The highest BCUT2D eigenvalue weighted by atomic mass is 19.1. The lowest BCUT2D eigenvalue weighted by Gasteiger charge is -2.21. The molecular formula is C19H18FN5O2. The van der Waals surface area contributed by atoms with E-state index in [1.54, 1.807) is 6.07 Å². The van der Waals surface area contributed by atoms with Crippen LogP contribution >= 0.6 is 0 Å². The Kier molecular flexibility index (Phi) is 5.03. The fraction of sp³-hybridized carbons (Fsp3) is 0.263. The molecule has 0 fully saturated rings. The van der Waals surface area contributed by atoms with Crippen molar-refractivity contribution in [3.05, 3.63) is 53.6 Å². The van der Waals surface area contributed by atoms with Crippen molar-refractivity contribution in [3.63, 3.8) is 0 Å². The molecule has 0 radical (unpaired) electrons. The first kappa shape index (κ1) is 18.3. The van der Waals surface area contributed by atoms with Crippen molar-refractivity contribution in [2.24, 2.45) is 5.92 Å². The van der Waals surface area contributed by atoms with E-state index in [0.29, 0.717) is 22.4 Å². The van der Waals surface area contributed by atoms with Crippen LogP contribution in [0.3, 0.4) is 0 Å². The molecule has 0 saturated heterocycles. The molecule has 2 N–H and O–H groups in total. The lowest BCUT2D eigenvalue weighted by molar-refractivity contribution is 0.241. The van der Waals surface area contributed by atoms with Crippen LogP contribution < -0.4 is 10.6 Å². The normalized spacial score (nSPS) is 12.0. The molecule has 3 rings (SSSR count). The molecule has 1 aromatic carbocycles. The molecule has 0 saturated carbocycles. The van der Waals surface area contributed by atoms with E-state index in [-0.39, 0.29) is 17.6 Å². The van der Waals surface area contributed by atoms with Gasteiger partial charge < -0.3 is 15.1 Å². The fourth-order valence-electron chi connectivity index (χ4n) is 2.80. The van der Waals surface area contributed by atoms with Gasteiger partial charge in [0.25, 0.3) is 0 Å². The van der Waals surface area contributed by atoms with Gasteiger partial charge in [-0.3, -0.25) is 0 Å². The number of benzene rings is 1. The zero-order chi connectivity index (χ0) is 19.6. The Bertz CT molecular complexity index is 1020. The van der Waals surface area contributed by atoms with Crippen LogP contribution in [0, 0.1) is 30.0 Å². The average molecular weight is 367 g/mol. The molecule has 8 heteroatoms. The highest BCUT2D eigenvalue weighted by Gasteiger charge is 2.25. The maximum absolute atomic E-state index is 13.5. The Hall–Kier alpha value is -3.47. The molecule has 2 heterocycles. The first-order chi connectivity index (χ1) is 12.9. The van der Waals surface area contributed by atoms with Crippen molar-refractivity contribution in [2.75, 3.05) is 5.32 Å². The minimum absolute atomic E-state index is 0.0196. The highest BCUT2D eigenvalue weighted by molar-refractivity contribution is 5.89. The minimum atomic E-state index is -0.465. The molecule has 0 aliphatic heterocycles. The van der Waals surface area contributed by atoms with Crippen LogP contribution in [0.1, 0.15) is 37.0 Å². The summed E-state index contributed by atoms with van der Waals surface area (Å²) >= 11 is 0. The number of furan rings is 1. The lowest BCUT2D eigenvalue weighted by Crippen LogP contribution is -2.35. The maximum Gasteiger partial charge on any atom is 0.319 e. The van der Waals surface area contributed by atoms with Gasteiger partial charge in [-0.2, -0.15) is 5.26 Å². The van der Waals surface area contributed by atoms with E-state index < -0.39 is 12.1 Å². The van der Waals surface area contributed by atoms with Crippen LogP contribution in [-0.4, -0.2) is 16.0 Å². The van der Waals surface area contributed by atoms with Gasteiger partial charge in [0.05, 0.1) is 24.1 Å². The second-order valence-corrected chi connectivity index (χ2v) is 6.46. The third-order valence-electron chi connectivity index (χ3n) is 4.18. The average Bonchev–Trinajstić information content (AvgIpc) is 2.96. The molecular weight excluding hydrogens is 349 g/mol. The second kappa shape index (κ2) is 7.41. The fourth-order valence-corrected chi connectivity index (χ4v) is 2.80. The molecule has 1 atom stereocenters. The summed E-state index contributed by atoms with van der Waals surface area (Å²) in [6.45, 7) is 5.73. The largest absolute Gasteiger partial charge is 0.459 e. The van der Waals surface area contributed by atoms with Gasteiger partial charge in [0, 0.05) is 10.9 Å². The summed E-state index contributed by atoms with van der Waals surface area (Å²) in [6, 6.07) is 5.26. The van der Waals surface area contributed by atoms with E-state index in [4.69, 9.17) is 9.68 Å². The topological polar surface area (TPSA) is 104 Å². The molecule has 0 aliphatic carbocycles. The van der Waals surface area contributed by atoms with Gasteiger partial charge >= 0.3 is 6.03 Å². The SMILES string of the molecule is Cc1c(C(NC(=O)Nc2cnc(C#N)nc2)C(C)C)oc2ccc(F)cc12. The maximum atomic E-state index is 13.5. The summed E-state index contributed by atoms with van der Waals surface area (Å²) in [5.41, 5.74) is 1.71. The quantitative estimate of drug-likeness (QED) is 0.724. The predicted octanol–water partition coefficient (Wildman–Crippen LogP) is 4.06. The summed E-state index contributed by atoms with van der Waals surface area (Å²) in [5.74, 6) is 0.283. The molecule has 7 nitrogen and oxygen atoms in total. The molecule has 0 spiro atoms. The Labute approximate surface area is 155 Å². The van der Waals surface area contributed by atoms with Crippen molar-refractivity contribution in [3.8, 4) is 6.07 Å². The number of aromatic nitrogens is 2. The van der Waals surface area contributed by atoms with E-state index in [0.717, 1.165) is 5.56 Å². The van der Waals surface area contributed by atoms with Crippen LogP contribution in [0.5, 0.6) is 0 Å². The van der Waals surface area contributed by atoms with E-state index in [2.05, 4.69) is 20.6 Å². The molecule has 2 aromatic heterocycles. The summed E-state index contributed by atoms with van der Waals surface area (Å²) in [6.07, 6.45) is 2.70. The summed E-state index contributed by atoms with van der Waals surface area (Å²) in [5, 5.41) is 14.9. The van der Waals surface area contributed by atoms with Crippen molar-refractivity contribution in [1.29, 1.82) is 5.26 Å². The van der Waals surface area contributed by atoms with E-state index in [1.165, 1.54) is 24.5 Å². The highest BCUT2D eigenvalue weighted by Crippen LogP contribution is 2.33.